The van der Waals surface area contributed by atoms with Crippen molar-refractivity contribution in [3.8, 4) is 0 Å². The van der Waals surface area contributed by atoms with Gasteiger partial charge in [0.1, 0.15) is 11.6 Å². The average molecular weight is 443 g/mol. The van der Waals surface area contributed by atoms with E-state index < -0.39 is 5.92 Å². The number of nitrogens with one attached hydrogen (secondary N) is 1. The van der Waals surface area contributed by atoms with Crippen LogP contribution in [0.3, 0.4) is 0 Å². The molecular formula is C24H28F2N4O2. The number of anilines is 1. The minimum Gasteiger partial charge on any atom is -0.493 e. The minimum atomic E-state index is -2.64. The summed E-state index contributed by atoms with van der Waals surface area (Å²) in [5.41, 5.74) is 2.19. The van der Waals surface area contributed by atoms with E-state index in [0.29, 0.717) is 48.0 Å². The summed E-state index contributed by atoms with van der Waals surface area (Å²) in [7, 11) is 0. The van der Waals surface area contributed by atoms with E-state index in [0.717, 1.165) is 18.4 Å². The van der Waals surface area contributed by atoms with E-state index in [1.165, 1.54) is 12.4 Å². The van der Waals surface area contributed by atoms with Gasteiger partial charge in [0.15, 0.2) is 0 Å². The normalized spacial score (nSPS) is 18.7. The first-order valence-corrected chi connectivity index (χ1v) is 11.2. The van der Waals surface area contributed by atoms with Gasteiger partial charge in [-0.25, -0.2) is 18.7 Å². The van der Waals surface area contributed by atoms with Crippen molar-refractivity contribution in [1.82, 2.24) is 15.0 Å². The number of ether oxygens (including phenoxy) is 1. The lowest BCUT2D eigenvalue weighted by molar-refractivity contribution is -0.0384. The lowest BCUT2D eigenvalue weighted by Gasteiger charge is -2.30. The fourth-order valence-corrected chi connectivity index (χ4v) is 4.12. The molecule has 1 aliphatic carbocycles. The molecule has 0 unspecified atom stereocenters. The number of aromatic nitrogens is 3. The van der Waals surface area contributed by atoms with Crippen molar-refractivity contribution in [2.24, 2.45) is 0 Å². The van der Waals surface area contributed by atoms with Crippen LogP contribution in [0.25, 0.3) is 5.76 Å². The summed E-state index contributed by atoms with van der Waals surface area (Å²) in [5.74, 6) is -1.66. The molecule has 1 amide bonds. The summed E-state index contributed by atoms with van der Waals surface area (Å²) in [6.07, 6.45) is 8.75. The molecule has 8 heteroatoms. The molecule has 0 radical (unpaired) electrons. The fraction of sp³-hybridized carbons (Fsp3) is 0.500. The van der Waals surface area contributed by atoms with Crippen LogP contribution in [0.1, 0.15) is 91.6 Å². The van der Waals surface area contributed by atoms with Gasteiger partial charge in [-0.05, 0) is 37.8 Å². The Labute approximate surface area is 186 Å². The van der Waals surface area contributed by atoms with Gasteiger partial charge in [-0.2, -0.15) is 0 Å². The standard InChI is InChI=1S/C24H28F2N4O2/c1-15(2)22-28-13-17(14-29-22)23(31)30-21-18(19-5-3-4-12-32-19)8-11-27-20(21)16-6-9-24(25,26)10-7-16/h5,8,11,13-16H,3-4,6-7,9-10,12H2,1-2H3,(H,30,31). The van der Waals surface area contributed by atoms with E-state index in [-0.39, 0.29) is 30.6 Å². The van der Waals surface area contributed by atoms with Crippen molar-refractivity contribution in [2.45, 2.75) is 70.1 Å². The largest absolute Gasteiger partial charge is 0.493 e. The Morgan fingerprint density at radius 2 is 1.91 bits per heavy atom. The molecule has 32 heavy (non-hydrogen) atoms. The molecule has 6 nitrogen and oxygen atoms in total. The van der Waals surface area contributed by atoms with E-state index >= 15 is 0 Å². The fourth-order valence-electron chi connectivity index (χ4n) is 4.12. The van der Waals surface area contributed by atoms with Gasteiger partial charge in [-0.1, -0.05) is 13.8 Å². The number of hydrogen-bond acceptors (Lipinski definition) is 5. The van der Waals surface area contributed by atoms with E-state index in [1.54, 1.807) is 12.3 Å². The lowest BCUT2D eigenvalue weighted by atomic mass is 9.83. The topological polar surface area (TPSA) is 77.0 Å². The Morgan fingerprint density at radius 3 is 2.53 bits per heavy atom. The maximum absolute atomic E-state index is 13.8. The number of rotatable bonds is 5. The maximum atomic E-state index is 13.8. The zero-order chi connectivity index (χ0) is 22.7. The Balaban J connectivity index is 1.67. The Morgan fingerprint density at radius 1 is 1.19 bits per heavy atom. The zero-order valence-corrected chi connectivity index (χ0v) is 18.4. The first kappa shape index (κ1) is 22.3. The van der Waals surface area contributed by atoms with Gasteiger partial charge in [0.25, 0.3) is 5.91 Å². The number of nitrogens with zero attached hydrogens (tertiary/aromatic N) is 3. The zero-order valence-electron chi connectivity index (χ0n) is 18.4. The molecule has 1 fully saturated rings. The summed E-state index contributed by atoms with van der Waals surface area (Å²) in [4.78, 5) is 26.1. The van der Waals surface area contributed by atoms with E-state index in [2.05, 4.69) is 20.3 Å². The average Bonchev–Trinajstić information content (AvgIpc) is 2.80. The Bertz CT molecular complexity index is 996. The van der Waals surface area contributed by atoms with Gasteiger partial charge in [0.05, 0.1) is 23.6 Å². The molecule has 1 aliphatic heterocycles. The van der Waals surface area contributed by atoms with Crippen LogP contribution in [0.5, 0.6) is 0 Å². The van der Waals surface area contributed by atoms with Gasteiger partial charge in [0, 0.05) is 48.8 Å². The molecule has 1 N–H and O–H groups in total. The van der Waals surface area contributed by atoms with Crippen LogP contribution < -0.4 is 5.32 Å². The summed E-state index contributed by atoms with van der Waals surface area (Å²) >= 11 is 0. The van der Waals surface area contributed by atoms with Crippen molar-refractivity contribution >= 4 is 17.4 Å². The predicted molar refractivity (Wildman–Crippen MR) is 118 cm³/mol. The summed E-state index contributed by atoms with van der Waals surface area (Å²) in [6, 6.07) is 1.80. The molecule has 4 rings (SSSR count). The van der Waals surface area contributed by atoms with Crippen LogP contribution >= 0.6 is 0 Å². The van der Waals surface area contributed by atoms with Gasteiger partial charge in [-0.15, -0.1) is 0 Å². The molecule has 0 bridgehead atoms. The first-order valence-electron chi connectivity index (χ1n) is 11.2. The highest BCUT2D eigenvalue weighted by atomic mass is 19.3. The quantitative estimate of drug-likeness (QED) is 0.644. The van der Waals surface area contributed by atoms with Crippen molar-refractivity contribution in [2.75, 3.05) is 11.9 Å². The van der Waals surface area contributed by atoms with Crippen LogP contribution in [0.15, 0.2) is 30.7 Å². The van der Waals surface area contributed by atoms with Crippen molar-refractivity contribution in [1.29, 1.82) is 0 Å². The second-order valence-corrected chi connectivity index (χ2v) is 8.75. The number of carbonyl (C=O) groups excluding carboxylic acids is 1. The van der Waals surface area contributed by atoms with Gasteiger partial charge < -0.3 is 10.1 Å². The first-order chi connectivity index (χ1) is 15.3. The summed E-state index contributed by atoms with van der Waals surface area (Å²) in [5, 5.41) is 2.97. The molecule has 170 valence electrons. The monoisotopic (exact) mass is 442 g/mol. The molecule has 1 saturated carbocycles. The minimum absolute atomic E-state index is 0.156. The molecule has 2 aromatic rings. The third-order valence-electron chi connectivity index (χ3n) is 5.97. The van der Waals surface area contributed by atoms with Gasteiger partial charge in [0.2, 0.25) is 5.92 Å². The lowest BCUT2D eigenvalue weighted by Crippen LogP contribution is -2.25. The van der Waals surface area contributed by atoms with Crippen LogP contribution in [-0.2, 0) is 4.74 Å². The second-order valence-electron chi connectivity index (χ2n) is 8.75. The number of amides is 1. The third kappa shape index (κ3) is 4.95. The van der Waals surface area contributed by atoms with Crippen LogP contribution in [0, 0.1) is 0 Å². The summed E-state index contributed by atoms with van der Waals surface area (Å²) in [6.45, 7) is 4.56. The van der Waals surface area contributed by atoms with Crippen molar-refractivity contribution in [3.63, 3.8) is 0 Å². The summed E-state index contributed by atoms with van der Waals surface area (Å²) < 4.78 is 33.4. The van der Waals surface area contributed by atoms with Crippen LogP contribution in [0.4, 0.5) is 14.5 Å². The molecule has 2 aromatic heterocycles. The smallest absolute Gasteiger partial charge is 0.258 e. The number of halogens is 2. The Hall–Kier alpha value is -2.90. The molecule has 0 spiro atoms. The van der Waals surface area contributed by atoms with E-state index in [9.17, 15) is 13.6 Å². The van der Waals surface area contributed by atoms with Crippen LogP contribution in [-0.4, -0.2) is 33.4 Å². The maximum Gasteiger partial charge on any atom is 0.258 e. The number of carbonyl (C=O) groups is 1. The second kappa shape index (κ2) is 9.30. The highest BCUT2D eigenvalue weighted by molar-refractivity contribution is 6.05. The molecule has 3 heterocycles. The highest BCUT2D eigenvalue weighted by Gasteiger charge is 2.37. The van der Waals surface area contributed by atoms with Crippen LogP contribution in [0.2, 0.25) is 0 Å². The number of alkyl halides is 2. The Kier molecular flexibility index (Phi) is 6.48. The third-order valence-corrected chi connectivity index (χ3v) is 5.97. The van der Waals surface area contributed by atoms with Crippen molar-refractivity contribution < 1.29 is 18.3 Å². The molecule has 2 aliphatic rings. The predicted octanol–water partition coefficient (Wildman–Crippen LogP) is 5.69. The highest BCUT2D eigenvalue weighted by Crippen LogP contribution is 2.43. The molecule has 0 saturated heterocycles. The number of hydrogen-bond donors (Lipinski definition) is 1. The molecular weight excluding hydrogens is 414 g/mol. The van der Waals surface area contributed by atoms with Crippen molar-refractivity contribution in [3.05, 3.63) is 53.4 Å². The van der Waals surface area contributed by atoms with Gasteiger partial charge >= 0.3 is 0 Å². The molecule has 0 aromatic carbocycles. The van der Waals surface area contributed by atoms with E-state index in [4.69, 9.17) is 4.74 Å². The number of pyridine rings is 1. The van der Waals surface area contributed by atoms with Gasteiger partial charge in [-0.3, -0.25) is 9.78 Å². The SMILES string of the molecule is CC(C)c1ncc(C(=O)Nc2c(C3=CCCCO3)ccnc2C2CCC(F)(F)CC2)cn1. The molecule has 0 atom stereocenters. The van der Waals surface area contributed by atoms with E-state index in [1.807, 2.05) is 19.9 Å². The number of allylic oxidation sites excluding steroid dienone is 1.